The SMILES string of the molecule is CNc1nc(Nc2ccc(Br)cc2)nc(Cl)c1C=O. The van der Waals surface area contributed by atoms with Crippen molar-refractivity contribution >= 4 is 51.3 Å². The molecule has 0 saturated carbocycles. The number of anilines is 3. The van der Waals surface area contributed by atoms with Crippen LogP contribution in [-0.2, 0) is 0 Å². The van der Waals surface area contributed by atoms with Gasteiger partial charge in [-0.2, -0.15) is 9.97 Å². The van der Waals surface area contributed by atoms with Crippen LogP contribution >= 0.6 is 27.5 Å². The summed E-state index contributed by atoms with van der Waals surface area (Å²) in [6.45, 7) is 0. The number of halogens is 2. The molecule has 98 valence electrons. The van der Waals surface area contributed by atoms with E-state index in [1.165, 1.54) is 0 Å². The highest BCUT2D eigenvalue weighted by Gasteiger charge is 2.11. The van der Waals surface area contributed by atoms with E-state index in [1.807, 2.05) is 24.3 Å². The van der Waals surface area contributed by atoms with E-state index in [1.54, 1.807) is 7.05 Å². The third-order valence-corrected chi connectivity index (χ3v) is 3.17. The van der Waals surface area contributed by atoms with E-state index < -0.39 is 0 Å². The fourth-order valence-corrected chi connectivity index (χ4v) is 1.93. The Morgan fingerprint density at radius 3 is 2.53 bits per heavy atom. The molecule has 1 heterocycles. The lowest BCUT2D eigenvalue weighted by atomic mass is 10.3. The molecule has 1 aromatic heterocycles. The van der Waals surface area contributed by atoms with Gasteiger partial charge >= 0.3 is 0 Å². The molecule has 2 rings (SSSR count). The average Bonchev–Trinajstić information content (AvgIpc) is 2.40. The number of nitrogens with zero attached hydrogens (tertiary/aromatic N) is 2. The van der Waals surface area contributed by atoms with Crippen molar-refractivity contribution in [3.63, 3.8) is 0 Å². The second kappa shape index (κ2) is 5.99. The molecule has 2 N–H and O–H groups in total. The Labute approximate surface area is 123 Å². The van der Waals surface area contributed by atoms with Crippen molar-refractivity contribution in [1.29, 1.82) is 0 Å². The number of hydrogen-bond acceptors (Lipinski definition) is 5. The van der Waals surface area contributed by atoms with E-state index in [2.05, 4.69) is 36.5 Å². The lowest BCUT2D eigenvalue weighted by molar-refractivity contribution is 0.112. The largest absolute Gasteiger partial charge is 0.372 e. The van der Waals surface area contributed by atoms with Crippen molar-refractivity contribution in [2.45, 2.75) is 0 Å². The highest BCUT2D eigenvalue weighted by molar-refractivity contribution is 9.10. The Balaban J connectivity index is 2.33. The van der Waals surface area contributed by atoms with Gasteiger partial charge in [-0.15, -0.1) is 0 Å². The van der Waals surface area contributed by atoms with Crippen LogP contribution in [0.1, 0.15) is 10.4 Å². The van der Waals surface area contributed by atoms with Gasteiger partial charge in [-0.05, 0) is 24.3 Å². The summed E-state index contributed by atoms with van der Waals surface area (Å²) >= 11 is 9.29. The minimum absolute atomic E-state index is 0.106. The molecule has 0 aliphatic heterocycles. The topological polar surface area (TPSA) is 66.9 Å². The number of aldehydes is 1. The summed E-state index contributed by atoms with van der Waals surface area (Å²) in [6.07, 6.45) is 0.623. The number of carbonyl (C=O) groups excluding carboxylic acids is 1. The van der Waals surface area contributed by atoms with Crippen molar-refractivity contribution < 1.29 is 4.79 Å². The fourth-order valence-electron chi connectivity index (χ4n) is 1.46. The van der Waals surface area contributed by atoms with Crippen LogP contribution in [0.4, 0.5) is 17.5 Å². The van der Waals surface area contributed by atoms with Crippen LogP contribution in [0.5, 0.6) is 0 Å². The molecule has 0 atom stereocenters. The second-order valence-electron chi connectivity index (χ2n) is 3.60. The molecule has 0 aliphatic rings. The van der Waals surface area contributed by atoms with Gasteiger partial charge in [0.25, 0.3) is 0 Å². The van der Waals surface area contributed by atoms with Gasteiger partial charge in [-0.3, -0.25) is 4.79 Å². The van der Waals surface area contributed by atoms with Gasteiger partial charge in [0.1, 0.15) is 11.0 Å². The molecule has 0 spiro atoms. The minimum Gasteiger partial charge on any atom is -0.372 e. The summed E-state index contributed by atoms with van der Waals surface area (Å²) in [5.41, 5.74) is 1.06. The lowest BCUT2D eigenvalue weighted by Gasteiger charge is -2.09. The molecule has 0 aliphatic carbocycles. The maximum absolute atomic E-state index is 10.9. The quantitative estimate of drug-likeness (QED) is 0.658. The molecule has 7 heteroatoms. The first-order chi connectivity index (χ1) is 9.13. The molecule has 0 radical (unpaired) electrons. The van der Waals surface area contributed by atoms with Gasteiger partial charge in [0.2, 0.25) is 5.95 Å². The Morgan fingerprint density at radius 2 is 1.95 bits per heavy atom. The summed E-state index contributed by atoms with van der Waals surface area (Å²) in [5.74, 6) is 0.705. The van der Waals surface area contributed by atoms with Crippen molar-refractivity contribution in [3.8, 4) is 0 Å². The molecule has 0 unspecified atom stereocenters. The van der Waals surface area contributed by atoms with E-state index in [9.17, 15) is 4.79 Å². The number of hydrogen-bond donors (Lipinski definition) is 2. The molecule has 0 fully saturated rings. The smallest absolute Gasteiger partial charge is 0.230 e. The van der Waals surface area contributed by atoms with Crippen LogP contribution in [0.25, 0.3) is 0 Å². The molecule has 1 aromatic carbocycles. The highest BCUT2D eigenvalue weighted by Crippen LogP contribution is 2.23. The average molecular weight is 342 g/mol. The van der Waals surface area contributed by atoms with E-state index >= 15 is 0 Å². The highest BCUT2D eigenvalue weighted by atomic mass is 79.9. The van der Waals surface area contributed by atoms with E-state index in [0.717, 1.165) is 10.2 Å². The first-order valence-corrected chi connectivity index (χ1v) is 6.54. The predicted octanol–water partition coefficient (Wildman–Crippen LogP) is 3.49. The zero-order valence-electron chi connectivity index (χ0n) is 9.95. The molecule has 0 saturated heterocycles. The van der Waals surface area contributed by atoms with E-state index in [0.29, 0.717) is 18.1 Å². The third-order valence-electron chi connectivity index (χ3n) is 2.35. The lowest BCUT2D eigenvalue weighted by Crippen LogP contribution is -2.05. The Kier molecular flexibility index (Phi) is 4.34. The minimum atomic E-state index is 0.106. The number of nitrogens with one attached hydrogen (secondary N) is 2. The molecule has 19 heavy (non-hydrogen) atoms. The first kappa shape index (κ1) is 13.8. The Hall–Kier alpha value is -1.66. The van der Waals surface area contributed by atoms with Crippen molar-refractivity contribution in [1.82, 2.24) is 9.97 Å². The van der Waals surface area contributed by atoms with Crippen molar-refractivity contribution in [3.05, 3.63) is 39.5 Å². The van der Waals surface area contributed by atoms with Gasteiger partial charge < -0.3 is 10.6 Å². The third kappa shape index (κ3) is 3.21. The molecule has 0 bridgehead atoms. The van der Waals surface area contributed by atoms with Crippen LogP contribution < -0.4 is 10.6 Å². The molecular formula is C12H10BrClN4O. The Morgan fingerprint density at radius 1 is 1.26 bits per heavy atom. The Bertz CT molecular complexity index is 603. The van der Waals surface area contributed by atoms with Crippen molar-refractivity contribution in [2.75, 3.05) is 17.7 Å². The van der Waals surface area contributed by atoms with Crippen LogP contribution in [0.2, 0.25) is 5.15 Å². The maximum Gasteiger partial charge on any atom is 0.230 e. The number of rotatable bonds is 4. The second-order valence-corrected chi connectivity index (χ2v) is 4.87. The van der Waals surface area contributed by atoms with Gasteiger partial charge in [0, 0.05) is 17.2 Å². The molecule has 5 nitrogen and oxygen atoms in total. The monoisotopic (exact) mass is 340 g/mol. The van der Waals surface area contributed by atoms with Crippen LogP contribution in [-0.4, -0.2) is 23.3 Å². The normalized spacial score (nSPS) is 10.1. The molecule has 0 amide bonds. The van der Waals surface area contributed by atoms with Gasteiger partial charge in [0.05, 0.1) is 5.56 Å². The molecular weight excluding hydrogens is 332 g/mol. The summed E-state index contributed by atoms with van der Waals surface area (Å²) in [4.78, 5) is 19.1. The molecule has 2 aromatic rings. The van der Waals surface area contributed by atoms with Gasteiger partial charge in [0.15, 0.2) is 6.29 Å². The van der Waals surface area contributed by atoms with E-state index in [-0.39, 0.29) is 10.7 Å². The summed E-state index contributed by atoms with van der Waals surface area (Å²) < 4.78 is 0.976. The summed E-state index contributed by atoms with van der Waals surface area (Å²) in [5, 5.41) is 5.93. The van der Waals surface area contributed by atoms with Crippen LogP contribution in [0.3, 0.4) is 0 Å². The van der Waals surface area contributed by atoms with Crippen LogP contribution in [0, 0.1) is 0 Å². The zero-order valence-corrected chi connectivity index (χ0v) is 12.3. The number of benzene rings is 1. The number of carbonyl (C=O) groups is 1. The first-order valence-electron chi connectivity index (χ1n) is 5.37. The number of aromatic nitrogens is 2. The standard InChI is InChI=1S/C12H10BrClN4O/c1-15-11-9(6-19)10(14)17-12(18-11)16-8-4-2-7(13)3-5-8/h2-6H,1H3,(H2,15,16,17,18). The van der Waals surface area contributed by atoms with Gasteiger partial charge in [-0.1, -0.05) is 27.5 Å². The van der Waals surface area contributed by atoms with E-state index in [4.69, 9.17) is 11.6 Å². The fraction of sp³-hybridized carbons (Fsp3) is 0.0833. The van der Waals surface area contributed by atoms with Gasteiger partial charge in [-0.25, -0.2) is 0 Å². The summed E-state index contributed by atoms with van der Waals surface area (Å²) in [6, 6.07) is 7.52. The predicted molar refractivity (Wildman–Crippen MR) is 79.4 cm³/mol. The van der Waals surface area contributed by atoms with Crippen LogP contribution in [0.15, 0.2) is 28.7 Å². The van der Waals surface area contributed by atoms with Crippen molar-refractivity contribution in [2.24, 2.45) is 0 Å². The maximum atomic E-state index is 10.9. The zero-order chi connectivity index (χ0) is 13.8. The summed E-state index contributed by atoms with van der Waals surface area (Å²) in [7, 11) is 1.66.